The van der Waals surface area contributed by atoms with Gasteiger partial charge in [0.2, 0.25) is 0 Å². The number of fused-ring (bicyclic) bond motifs is 2. The molecule has 2 aromatic carbocycles. The van der Waals surface area contributed by atoms with E-state index in [1.54, 1.807) is 0 Å². The summed E-state index contributed by atoms with van der Waals surface area (Å²) in [4.78, 5) is 50.4. The van der Waals surface area contributed by atoms with E-state index in [2.05, 4.69) is 10.1 Å². The maximum atomic E-state index is 13.2. The molecule has 1 atom stereocenters. The van der Waals surface area contributed by atoms with Crippen molar-refractivity contribution in [3.8, 4) is 5.75 Å². The molecular formula is C22H20N2O6. The molecule has 1 heterocycles. The molecule has 1 saturated heterocycles. The normalized spacial score (nSPS) is 20.0. The number of nitrogens with one attached hydrogen (secondary N) is 1. The number of nitrogens with zero attached hydrogens (tertiary/aromatic N) is 1. The van der Waals surface area contributed by atoms with Crippen molar-refractivity contribution in [2.75, 3.05) is 13.7 Å². The van der Waals surface area contributed by atoms with Gasteiger partial charge in [-0.25, -0.2) is 14.4 Å². The average molecular weight is 408 g/mol. The predicted octanol–water partition coefficient (Wildman–Crippen LogP) is 2.16. The van der Waals surface area contributed by atoms with Gasteiger partial charge in [-0.2, -0.15) is 0 Å². The molecule has 154 valence electrons. The molecular weight excluding hydrogens is 388 g/mol. The lowest BCUT2D eigenvalue weighted by molar-refractivity contribution is -0.141. The van der Waals surface area contributed by atoms with Crippen LogP contribution in [0.25, 0.3) is 0 Å². The zero-order valence-corrected chi connectivity index (χ0v) is 16.3. The van der Waals surface area contributed by atoms with Gasteiger partial charge in [0.25, 0.3) is 5.91 Å². The Morgan fingerprint density at radius 3 is 2.57 bits per heavy atom. The molecule has 0 bridgehead atoms. The summed E-state index contributed by atoms with van der Waals surface area (Å²) in [6, 6.07) is 12.7. The van der Waals surface area contributed by atoms with Crippen LogP contribution in [-0.4, -0.2) is 42.4 Å². The van der Waals surface area contributed by atoms with Crippen LogP contribution in [0, 0.1) is 0 Å². The zero-order valence-electron chi connectivity index (χ0n) is 16.3. The maximum Gasteiger partial charge on any atom is 0.337 e. The molecule has 0 unspecified atom stereocenters. The number of benzene rings is 2. The molecule has 8 heteroatoms. The van der Waals surface area contributed by atoms with Crippen molar-refractivity contribution in [1.82, 2.24) is 10.2 Å². The third-order valence-corrected chi connectivity index (χ3v) is 5.45. The van der Waals surface area contributed by atoms with Crippen LogP contribution < -0.4 is 10.1 Å². The second-order valence-electron chi connectivity index (χ2n) is 7.23. The highest BCUT2D eigenvalue weighted by molar-refractivity contribution is 6.09. The summed E-state index contributed by atoms with van der Waals surface area (Å²) in [6.07, 6.45) is 2.08. The van der Waals surface area contributed by atoms with Gasteiger partial charge >= 0.3 is 18.0 Å². The van der Waals surface area contributed by atoms with E-state index in [9.17, 15) is 19.2 Å². The Hall–Kier alpha value is -3.68. The van der Waals surface area contributed by atoms with Crippen LogP contribution in [0.3, 0.4) is 0 Å². The summed E-state index contributed by atoms with van der Waals surface area (Å²) in [7, 11) is 1.27. The van der Waals surface area contributed by atoms with Gasteiger partial charge in [-0.1, -0.05) is 24.3 Å². The molecule has 30 heavy (non-hydrogen) atoms. The first kappa shape index (κ1) is 19.6. The number of aryl methyl sites for hydroxylation is 1. The molecule has 1 aliphatic carbocycles. The highest BCUT2D eigenvalue weighted by Gasteiger charge is 2.54. The minimum atomic E-state index is -1.13. The molecule has 3 amide bonds. The topological polar surface area (TPSA) is 102 Å². The number of rotatable bonds is 4. The van der Waals surface area contributed by atoms with Crippen LogP contribution in [0.1, 0.15) is 34.3 Å². The Kier molecular flexibility index (Phi) is 4.99. The Morgan fingerprint density at radius 2 is 1.83 bits per heavy atom. The molecule has 1 N–H and O–H groups in total. The van der Waals surface area contributed by atoms with Crippen molar-refractivity contribution in [1.29, 1.82) is 0 Å². The van der Waals surface area contributed by atoms with E-state index in [-0.39, 0.29) is 5.75 Å². The third kappa shape index (κ3) is 3.30. The van der Waals surface area contributed by atoms with Crippen molar-refractivity contribution in [2.24, 2.45) is 0 Å². The summed E-state index contributed by atoms with van der Waals surface area (Å²) >= 11 is 0. The van der Waals surface area contributed by atoms with Crippen molar-refractivity contribution in [3.63, 3.8) is 0 Å². The summed E-state index contributed by atoms with van der Waals surface area (Å²) in [5, 5.41) is 2.80. The van der Waals surface area contributed by atoms with E-state index in [0.717, 1.165) is 28.9 Å². The van der Waals surface area contributed by atoms with E-state index < -0.39 is 36.0 Å². The Labute approximate surface area is 172 Å². The number of ether oxygens (including phenoxy) is 2. The van der Waals surface area contributed by atoms with Crippen molar-refractivity contribution >= 4 is 23.9 Å². The average Bonchev–Trinajstić information content (AvgIpc) is 2.98. The number of esters is 2. The molecule has 1 aliphatic heterocycles. The fraction of sp³-hybridized carbons (Fsp3) is 0.273. The van der Waals surface area contributed by atoms with Gasteiger partial charge in [-0.05, 0) is 54.7 Å². The highest BCUT2D eigenvalue weighted by Crippen LogP contribution is 2.39. The number of hydrogen-bond acceptors (Lipinski definition) is 6. The lowest BCUT2D eigenvalue weighted by Gasteiger charge is -2.33. The first-order valence-electron chi connectivity index (χ1n) is 9.56. The van der Waals surface area contributed by atoms with E-state index in [4.69, 9.17) is 4.74 Å². The van der Waals surface area contributed by atoms with Gasteiger partial charge in [-0.3, -0.25) is 9.69 Å². The molecule has 2 aliphatic rings. The summed E-state index contributed by atoms with van der Waals surface area (Å²) < 4.78 is 9.84. The molecule has 4 rings (SSSR count). The summed E-state index contributed by atoms with van der Waals surface area (Å²) in [6.45, 7) is -0.507. The van der Waals surface area contributed by atoms with Gasteiger partial charge in [0, 0.05) is 0 Å². The van der Waals surface area contributed by atoms with E-state index in [1.807, 2.05) is 24.3 Å². The molecule has 8 nitrogen and oxygen atoms in total. The Morgan fingerprint density at radius 1 is 1.10 bits per heavy atom. The van der Waals surface area contributed by atoms with Crippen LogP contribution in [0.2, 0.25) is 0 Å². The minimum absolute atomic E-state index is 0.192. The molecule has 1 spiro atoms. The van der Waals surface area contributed by atoms with E-state index in [1.165, 1.54) is 31.4 Å². The van der Waals surface area contributed by atoms with Gasteiger partial charge in [0.05, 0.1) is 12.7 Å². The summed E-state index contributed by atoms with van der Waals surface area (Å²) in [5.74, 6) is -1.52. The standard InChI is InChI=1S/C22H20N2O6/c1-29-19(26)15-8-10-16(11-9-15)30-18(25)13-24-20(27)22(23-21(24)28)12-4-6-14-5-2-3-7-17(14)22/h2-3,5,7-11H,4,6,12-13H2,1H3,(H,23,28)/t22-/m1/s1. The van der Waals surface area contributed by atoms with Crippen LogP contribution in [0.5, 0.6) is 5.75 Å². The molecule has 0 aromatic heterocycles. The molecule has 2 aromatic rings. The first-order valence-corrected chi connectivity index (χ1v) is 9.56. The van der Waals surface area contributed by atoms with Crippen molar-refractivity contribution in [3.05, 3.63) is 65.2 Å². The van der Waals surface area contributed by atoms with Gasteiger partial charge in [0.15, 0.2) is 0 Å². The number of imide groups is 1. The van der Waals surface area contributed by atoms with Crippen molar-refractivity contribution in [2.45, 2.75) is 24.8 Å². The van der Waals surface area contributed by atoms with E-state index >= 15 is 0 Å². The Bertz CT molecular complexity index is 1030. The number of carbonyl (C=O) groups is 4. The predicted molar refractivity (Wildman–Crippen MR) is 105 cm³/mol. The quantitative estimate of drug-likeness (QED) is 0.473. The number of urea groups is 1. The SMILES string of the molecule is COC(=O)c1ccc(OC(=O)CN2C(=O)N[C@@]3(CCCc4ccccc43)C2=O)cc1. The maximum absolute atomic E-state index is 13.2. The van der Waals surface area contributed by atoms with Gasteiger partial charge in [-0.15, -0.1) is 0 Å². The van der Waals surface area contributed by atoms with Crippen LogP contribution in [-0.2, 0) is 26.3 Å². The third-order valence-electron chi connectivity index (χ3n) is 5.45. The van der Waals surface area contributed by atoms with Crippen LogP contribution >= 0.6 is 0 Å². The van der Waals surface area contributed by atoms with Crippen LogP contribution in [0.4, 0.5) is 4.79 Å². The second-order valence-corrected chi connectivity index (χ2v) is 7.23. The first-order chi connectivity index (χ1) is 14.4. The second kappa shape index (κ2) is 7.62. The lowest BCUT2D eigenvalue weighted by atomic mass is 9.76. The zero-order chi connectivity index (χ0) is 21.3. The largest absolute Gasteiger partial charge is 0.465 e. The smallest absolute Gasteiger partial charge is 0.337 e. The minimum Gasteiger partial charge on any atom is -0.465 e. The van der Waals surface area contributed by atoms with Gasteiger partial charge < -0.3 is 14.8 Å². The molecule has 1 fully saturated rings. The molecule has 0 radical (unpaired) electrons. The monoisotopic (exact) mass is 408 g/mol. The number of hydrogen-bond donors (Lipinski definition) is 1. The van der Waals surface area contributed by atoms with Crippen LogP contribution in [0.15, 0.2) is 48.5 Å². The van der Waals surface area contributed by atoms with Crippen molar-refractivity contribution < 1.29 is 28.7 Å². The fourth-order valence-electron chi connectivity index (χ4n) is 4.02. The van der Waals surface area contributed by atoms with Gasteiger partial charge in [0.1, 0.15) is 17.8 Å². The molecule has 0 saturated carbocycles. The highest BCUT2D eigenvalue weighted by atomic mass is 16.5. The number of amides is 3. The lowest BCUT2D eigenvalue weighted by Crippen LogP contribution is -2.47. The number of methoxy groups -OCH3 is 1. The van der Waals surface area contributed by atoms with E-state index in [0.29, 0.717) is 12.0 Å². The number of carbonyl (C=O) groups excluding carboxylic acids is 4. The fourth-order valence-corrected chi connectivity index (χ4v) is 4.02. The summed E-state index contributed by atoms with van der Waals surface area (Å²) in [5.41, 5.74) is 0.981. The Balaban J connectivity index is 1.48.